The minimum Gasteiger partial charge on any atom is -0.507 e. The Bertz CT molecular complexity index is 947. The lowest BCUT2D eigenvalue weighted by molar-refractivity contribution is -0.0731. The third kappa shape index (κ3) is 2.32. The molecule has 0 spiro atoms. The first kappa shape index (κ1) is 16.7. The first-order chi connectivity index (χ1) is 12.8. The van der Waals surface area contributed by atoms with Gasteiger partial charge in [-0.2, -0.15) is 0 Å². The largest absolute Gasteiger partial charge is 0.507 e. The summed E-state index contributed by atoms with van der Waals surface area (Å²) in [5.41, 5.74) is 1.15. The lowest BCUT2D eigenvalue weighted by Crippen LogP contribution is -2.54. The number of aromatic hydroxyl groups is 1. The molecule has 2 aromatic carbocycles. The van der Waals surface area contributed by atoms with Gasteiger partial charge in [-0.05, 0) is 40.0 Å². The summed E-state index contributed by atoms with van der Waals surface area (Å²) in [4.78, 5) is 13.2. The van der Waals surface area contributed by atoms with Crippen molar-refractivity contribution in [1.29, 1.82) is 0 Å². The normalized spacial score (nSPS) is 29.4. The van der Waals surface area contributed by atoms with E-state index in [2.05, 4.69) is 20.8 Å². The summed E-state index contributed by atoms with van der Waals surface area (Å²) in [5, 5.41) is 10.8. The fourth-order valence-electron chi connectivity index (χ4n) is 5.34. The highest BCUT2D eigenvalue weighted by Gasteiger charge is 2.55. The summed E-state index contributed by atoms with van der Waals surface area (Å²) in [6, 6.07) is 10.7. The highest BCUT2D eigenvalue weighted by molar-refractivity contribution is 6.13. The van der Waals surface area contributed by atoms with Gasteiger partial charge in [0.1, 0.15) is 34.0 Å². The van der Waals surface area contributed by atoms with Gasteiger partial charge in [-0.25, -0.2) is 0 Å². The molecule has 2 bridgehead atoms. The topological polar surface area (TPSA) is 55.8 Å². The van der Waals surface area contributed by atoms with Crippen molar-refractivity contribution in [3.05, 3.63) is 53.1 Å². The van der Waals surface area contributed by atoms with Gasteiger partial charge in [0.2, 0.25) is 5.78 Å². The Morgan fingerprint density at radius 3 is 2.63 bits per heavy atom. The van der Waals surface area contributed by atoms with Crippen LogP contribution in [0, 0.1) is 5.92 Å². The zero-order chi connectivity index (χ0) is 19.0. The number of phenolic OH excluding ortho intramolecular Hbond substituents is 1. The van der Waals surface area contributed by atoms with E-state index in [1.165, 1.54) is 0 Å². The number of hydrogen-bond acceptors (Lipinski definition) is 4. The van der Waals surface area contributed by atoms with E-state index in [0.717, 1.165) is 24.8 Å². The highest BCUT2D eigenvalue weighted by Crippen LogP contribution is 2.62. The summed E-state index contributed by atoms with van der Waals surface area (Å²) in [6.07, 6.45) is 2.94. The third-order valence-corrected chi connectivity index (χ3v) is 6.63. The van der Waals surface area contributed by atoms with Crippen molar-refractivity contribution in [2.24, 2.45) is 5.92 Å². The summed E-state index contributed by atoms with van der Waals surface area (Å²) in [6.45, 7) is 6.34. The van der Waals surface area contributed by atoms with E-state index in [0.29, 0.717) is 23.0 Å². The van der Waals surface area contributed by atoms with Crippen LogP contribution in [-0.4, -0.2) is 22.1 Å². The Labute approximate surface area is 159 Å². The molecule has 4 nitrogen and oxygen atoms in total. The van der Waals surface area contributed by atoms with Crippen LogP contribution in [0.1, 0.15) is 67.4 Å². The maximum atomic E-state index is 13.2. The van der Waals surface area contributed by atoms with Crippen LogP contribution in [0.25, 0.3) is 0 Å². The number of fused-ring (bicyclic) bond motifs is 1. The second-order valence-corrected chi connectivity index (χ2v) is 8.92. The molecule has 0 unspecified atom stereocenters. The van der Waals surface area contributed by atoms with Crippen LogP contribution in [0.5, 0.6) is 17.2 Å². The summed E-state index contributed by atoms with van der Waals surface area (Å²) >= 11 is 0. The van der Waals surface area contributed by atoms with Crippen molar-refractivity contribution in [1.82, 2.24) is 0 Å². The molecule has 3 aliphatic rings. The van der Waals surface area contributed by atoms with Crippen LogP contribution in [0.15, 0.2) is 36.4 Å². The van der Waals surface area contributed by atoms with Gasteiger partial charge in [0.15, 0.2) is 0 Å². The quantitative estimate of drug-likeness (QED) is 0.776. The Morgan fingerprint density at radius 2 is 1.89 bits per heavy atom. The van der Waals surface area contributed by atoms with Crippen LogP contribution >= 0.6 is 0 Å². The molecule has 3 atom stereocenters. The summed E-state index contributed by atoms with van der Waals surface area (Å²) < 4.78 is 12.7. The number of rotatable bonds is 2. The van der Waals surface area contributed by atoms with Crippen LogP contribution in [-0.2, 0) is 0 Å². The average molecular weight is 364 g/mol. The molecule has 140 valence electrons. The Balaban J connectivity index is 1.75. The molecular weight excluding hydrogens is 340 g/mol. The van der Waals surface area contributed by atoms with Crippen molar-refractivity contribution in [2.45, 2.75) is 57.2 Å². The van der Waals surface area contributed by atoms with Crippen molar-refractivity contribution in [3.8, 4) is 17.2 Å². The maximum Gasteiger partial charge on any atom is 0.200 e. The van der Waals surface area contributed by atoms with Gasteiger partial charge in [-0.3, -0.25) is 4.79 Å². The molecular formula is C23H24O4. The van der Waals surface area contributed by atoms with E-state index in [1.54, 1.807) is 18.2 Å². The van der Waals surface area contributed by atoms with Crippen LogP contribution < -0.4 is 9.47 Å². The second kappa shape index (κ2) is 5.28. The molecule has 0 amide bonds. The first-order valence-corrected chi connectivity index (χ1v) is 9.67. The monoisotopic (exact) mass is 364 g/mol. The molecule has 1 fully saturated rings. The van der Waals surface area contributed by atoms with Gasteiger partial charge in [-0.1, -0.05) is 30.3 Å². The predicted molar refractivity (Wildman–Crippen MR) is 102 cm³/mol. The number of phenols is 1. The van der Waals surface area contributed by atoms with E-state index in [4.69, 9.17) is 9.47 Å². The first-order valence-electron chi connectivity index (χ1n) is 9.67. The molecule has 2 aromatic rings. The maximum absolute atomic E-state index is 13.2. The fourth-order valence-corrected chi connectivity index (χ4v) is 5.34. The average Bonchev–Trinajstić information content (AvgIpc) is 2.60. The van der Waals surface area contributed by atoms with Crippen molar-refractivity contribution in [2.75, 3.05) is 0 Å². The molecule has 1 N–H and O–H groups in total. The van der Waals surface area contributed by atoms with Crippen molar-refractivity contribution in [3.63, 3.8) is 0 Å². The Kier molecular flexibility index (Phi) is 3.26. The van der Waals surface area contributed by atoms with Crippen LogP contribution in [0.2, 0.25) is 0 Å². The minimum atomic E-state index is -0.396. The molecule has 0 saturated heterocycles. The zero-order valence-electron chi connectivity index (χ0n) is 15.9. The van der Waals surface area contributed by atoms with Gasteiger partial charge >= 0.3 is 0 Å². The van der Waals surface area contributed by atoms with Gasteiger partial charge in [0.25, 0.3) is 0 Å². The van der Waals surface area contributed by atoms with Crippen molar-refractivity contribution < 1.29 is 19.4 Å². The number of ketones is 1. The number of carbonyl (C=O) groups is 1. The van der Waals surface area contributed by atoms with Crippen LogP contribution in [0.4, 0.5) is 0 Å². The van der Waals surface area contributed by atoms with Gasteiger partial charge < -0.3 is 14.6 Å². The van der Waals surface area contributed by atoms with E-state index in [1.807, 2.05) is 18.2 Å². The lowest BCUT2D eigenvalue weighted by atomic mass is 9.61. The number of benzene rings is 2. The smallest absolute Gasteiger partial charge is 0.200 e. The summed E-state index contributed by atoms with van der Waals surface area (Å²) in [7, 11) is 0. The van der Waals surface area contributed by atoms with Gasteiger partial charge in [0.05, 0.1) is 0 Å². The van der Waals surface area contributed by atoms with Crippen molar-refractivity contribution >= 4 is 5.78 Å². The molecule has 2 aliphatic heterocycles. The van der Waals surface area contributed by atoms with Gasteiger partial charge in [0, 0.05) is 29.0 Å². The molecule has 2 heterocycles. The molecule has 0 aromatic heterocycles. The van der Waals surface area contributed by atoms with Crippen LogP contribution in [0.3, 0.4) is 0 Å². The predicted octanol–water partition coefficient (Wildman–Crippen LogP) is 4.83. The fraction of sp³-hybridized carbons (Fsp3) is 0.435. The van der Waals surface area contributed by atoms with E-state index in [9.17, 15) is 9.90 Å². The molecule has 0 radical (unpaired) electrons. The minimum absolute atomic E-state index is 0.0737. The van der Waals surface area contributed by atoms with E-state index >= 15 is 0 Å². The molecule has 4 heteroatoms. The van der Waals surface area contributed by atoms with E-state index in [-0.39, 0.29) is 28.6 Å². The Morgan fingerprint density at radius 1 is 1.15 bits per heavy atom. The molecule has 27 heavy (non-hydrogen) atoms. The summed E-state index contributed by atoms with van der Waals surface area (Å²) in [5.74, 6) is 1.55. The standard InChI is InChI=1S/C23H24O4/c1-22(2)15-9-10-23(3)12-14(15)18-17(26-23)11-16(24)19(21(18)27-22)20(25)13-7-5-4-6-8-13/h4-8,11,14-15,24H,9-10,12H2,1-3H3/t14-,15-,23+/m0/s1. The zero-order valence-corrected chi connectivity index (χ0v) is 15.9. The molecule has 1 aliphatic carbocycles. The molecule has 5 rings (SSSR count). The lowest BCUT2D eigenvalue weighted by Gasteiger charge is -2.55. The third-order valence-electron chi connectivity index (χ3n) is 6.63. The highest BCUT2D eigenvalue weighted by atomic mass is 16.5. The van der Waals surface area contributed by atoms with E-state index < -0.39 is 5.60 Å². The number of carbonyl (C=O) groups excluding carboxylic acids is 1. The second-order valence-electron chi connectivity index (χ2n) is 8.92. The number of ether oxygens (including phenoxy) is 2. The Hall–Kier alpha value is -2.49. The number of hydrogen-bond donors (Lipinski definition) is 1. The van der Waals surface area contributed by atoms with Gasteiger partial charge in [-0.15, -0.1) is 0 Å². The molecule has 1 saturated carbocycles. The SMILES string of the molecule is CC1(C)Oc2c(C(=O)c3ccccc3)c(O)cc3c2[C@H]2C[C@@](C)(CC[C@@H]21)O3.